The van der Waals surface area contributed by atoms with Crippen LogP contribution in [0, 0.1) is 20.8 Å². The number of aliphatic hydroxyl groups is 1. The van der Waals surface area contributed by atoms with E-state index in [1.165, 1.54) is 5.56 Å². The predicted octanol–water partition coefficient (Wildman–Crippen LogP) is 2.25. The predicted molar refractivity (Wildman–Crippen MR) is 83.1 cm³/mol. The second kappa shape index (κ2) is 7.41. The van der Waals surface area contributed by atoms with Gasteiger partial charge in [-0.25, -0.2) is 0 Å². The van der Waals surface area contributed by atoms with Gasteiger partial charge in [-0.2, -0.15) is 0 Å². The standard InChI is InChI=1S/C16H26N2O2/c1-6-18(7-8-19)14(5)16(20)17-15-12(3)9-11(2)10-13(15)4/h9-10,14,19H,6-8H2,1-5H3,(H,17,20). The number of amides is 1. The monoisotopic (exact) mass is 278 g/mol. The van der Waals surface area contributed by atoms with Crippen molar-refractivity contribution >= 4 is 11.6 Å². The van der Waals surface area contributed by atoms with Crippen molar-refractivity contribution < 1.29 is 9.90 Å². The maximum atomic E-state index is 12.3. The van der Waals surface area contributed by atoms with Crippen molar-refractivity contribution in [2.75, 3.05) is 25.0 Å². The minimum atomic E-state index is -0.257. The lowest BCUT2D eigenvalue weighted by atomic mass is 10.0. The van der Waals surface area contributed by atoms with E-state index in [-0.39, 0.29) is 18.6 Å². The molecule has 0 aliphatic rings. The number of nitrogens with zero attached hydrogens (tertiary/aromatic N) is 1. The van der Waals surface area contributed by atoms with Crippen LogP contribution in [0.25, 0.3) is 0 Å². The maximum Gasteiger partial charge on any atom is 0.241 e. The fourth-order valence-corrected chi connectivity index (χ4v) is 2.52. The highest BCUT2D eigenvalue weighted by Crippen LogP contribution is 2.22. The van der Waals surface area contributed by atoms with Crippen LogP contribution in [0.5, 0.6) is 0 Å². The van der Waals surface area contributed by atoms with E-state index in [9.17, 15) is 4.79 Å². The van der Waals surface area contributed by atoms with E-state index < -0.39 is 0 Å². The summed E-state index contributed by atoms with van der Waals surface area (Å²) in [7, 11) is 0. The lowest BCUT2D eigenvalue weighted by molar-refractivity contribution is -0.120. The molecule has 0 aliphatic carbocycles. The van der Waals surface area contributed by atoms with Crippen molar-refractivity contribution in [2.45, 2.75) is 40.7 Å². The smallest absolute Gasteiger partial charge is 0.241 e. The molecule has 4 heteroatoms. The van der Waals surface area contributed by atoms with Crippen LogP contribution in [-0.4, -0.2) is 41.7 Å². The lowest BCUT2D eigenvalue weighted by Crippen LogP contribution is -2.43. The number of aryl methyl sites for hydroxylation is 3. The number of likely N-dealkylation sites (N-methyl/N-ethyl adjacent to an activating group) is 1. The average Bonchev–Trinajstić information content (AvgIpc) is 2.39. The molecule has 0 bridgehead atoms. The van der Waals surface area contributed by atoms with Crippen molar-refractivity contribution in [3.63, 3.8) is 0 Å². The average molecular weight is 278 g/mol. The number of benzene rings is 1. The fraction of sp³-hybridized carbons (Fsp3) is 0.562. The summed E-state index contributed by atoms with van der Waals surface area (Å²) in [5, 5.41) is 12.1. The van der Waals surface area contributed by atoms with Gasteiger partial charge in [0.05, 0.1) is 12.6 Å². The second-order valence-electron chi connectivity index (χ2n) is 5.29. The molecule has 0 saturated heterocycles. The summed E-state index contributed by atoms with van der Waals surface area (Å²) < 4.78 is 0. The van der Waals surface area contributed by atoms with E-state index in [0.717, 1.165) is 23.4 Å². The van der Waals surface area contributed by atoms with Crippen LogP contribution in [0.15, 0.2) is 12.1 Å². The number of nitrogens with one attached hydrogen (secondary N) is 1. The number of hydrogen-bond acceptors (Lipinski definition) is 3. The molecule has 2 N–H and O–H groups in total. The first-order chi connectivity index (χ1) is 9.40. The van der Waals surface area contributed by atoms with Crippen LogP contribution in [-0.2, 0) is 4.79 Å². The molecule has 1 atom stereocenters. The summed E-state index contributed by atoms with van der Waals surface area (Å²) in [6, 6.07) is 3.88. The van der Waals surface area contributed by atoms with Gasteiger partial charge in [0.15, 0.2) is 0 Å². The van der Waals surface area contributed by atoms with Crippen LogP contribution >= 0.6 is 0 Å². The number of rotatable bonds is 6. The molecular formula is C16H26N2O2. The number of hydrogen-bond donors (Lipinski definition) is 2. The molecule has 0 saturated carbocycles. The summed E-state index contributed by atoms with van der Waals surface area (Å²) in [6.45, 7) is 11.2. The van der Waals surface area contributed by atoms with Gasteiger partial charge in [-0.05, 0) is 45.4 Å². The van der Waals surface area contributed by atoms with E-state index >= 15 is 0 Å². The highest BCUT2D eigenvalue weighted by molar-refractivity contribution is 5.95. The van der Waals surface area contributed by atoms with Gasteiger partial charge in [0.2, 0.25) is 5.91 Å². The molecule has 0 radical (unpaired) electrons. The van der Waals surface area contributed by atoms with Crippen molar-refractivity contribution in [3.05, 3.63) is 28.8 Å². The van der Waals surface area contributed by atoms with E-state index in [1.54, 1.807) is 0 Å². The van der Waals surface area contributed by atoms with E-state index in [4.69, 9.17) is 5.11 Å². The largest absolute Gasteiger partial charge is 0.395 e. The minimum absolute atomic E-state index is 0.0321. The van der Waals surface area contributed by atoms with Gasteiger partial charge in [0.1, 0.15) is 0 Å². The Morgan fingerprint density at radius 3 is 2.30 bits per heavy atom. The Balaban J connectivity index is 2.85. The van der Waals surface area contributed by atoms with Gasteiger partial charge in [-0.15, -0.1) is 0 Å². The molecule has 0 aromatic heterocycles. The third-order valence-electron chi connectivity index (χ3n) is 3.65. The van der Waals surface area contributed by atoms with Gasteiger partial charge < -0.3 is 10.4 Å². The Bertz CT molecular complexity index is 449. The molecule has 0 fully saturated rings. The van der Waals surface area contributed by atoms with Crippen LogP contribution in [0.1, 0.15) is 30.5 Å². The molecule has 0 aliphatic heterocycles. The summed E-state index contributed by atoms with van der Waals surface area (Å²) in [6.07, 6.45) is 0. The van der Waals surface area contributed by atoms with Crippen LogP contribution in [0.4, 0.5) is 5.69 Å². The van der Waals surface area contributed by atoms with Gasteiger partial charge in [0.25, 0.3) is 0 Å². The van der Waals surface area contributed by atoms with E-state index in [1.807, 2.05) is 39.5 Å². The van der Waals surface area contributed by atoms with Gasteiger partial charge in [-0.3, -0.25) is 9.69 Å². The van der Waals surface area contributed by atoms with Crippen LogP contribution in [0.3, 0.4) is 0 Å². The Kier molecular flexibility index (Phi) is 6.17. The normalized spacial score (nSPS) is 12.6. The summed E-state index contributed by atoms with van der Waals surface area (Å²) >= 11 is 0. The molecule has 1 aromatic rings. The number of carbonyl (C=O) groups excluding carboxylic acids is 1. The zero-order valence-corrected chi connectivity index (χ0v) is 13.2. The molecule has 1 amide bonds. The highest BCUT2D eigenvalue weighted by Gasteiger charge is 2.20. The molecule has 20 heavy (non-hydrogen) atoms. The molecule has 0 heterocycles. The van der Waals surface area contributed by atoms with Crippen molar-refractivity contribution in [3.8, 4) is 0 Å². The van der Waals surface area contributed by atoms with Crippen LogP contribution in [0.2, 0.25) is 0 Å². The van der Waals surface area contributed by atoms with Crippen molar-refractivity contribution in [2.24, 2.45) is 0 Å². The molecule has 1 unspecified atom stereocenters. The minimum Gasteiger partial charge on any atom is -0.395 e. The first kappa shape index (κ1) is 16.7. The molecule has 1 aromatic carbocycles. The van der Waals surface area contributed by atoms with Gasteiger partial charge in [0, 0.05) is 12.2 Å². The Morgan fingerprint density at radius 1 is 1.30 bits per heavy atom. The first-order valence-electron chi connectivity index (χ1n) is 7.14. The van der Waals surface area contributed by atoms with Crippen molar-refractivity contribution in [1.82, 2.24) is 4.90 Å². The Morgan fingerprint density at radius 2 is 1.85 bits per heavy atom. The summed E-state index contributed by atoms with van der Waals surface area (Å²) in [5.41, 5.74) is 4.25. The maximum absolute atomic E-state index is 12.3. The lowest BCUT2D eigenvalue weighted by Gasteiger charge is -2.26. The summed E-state index contributed by atoms with van der Waals surface area (Å²) in [5.74, 6) is -0.0321. The molecule has 4 nitrogen and oxygen atoms in total. The quantitative estimate of drug-likeness (QED) is 0.839. The third kappa shape index (κ3) is 4.05. The molecular weight excluding hydrogens is 252 g/mol. The van der Waals surface area contributed by atoms with Gasteiger partial charge >= 0.3 is 0 Å². The zero-order chi connectivity index (χ0) is 15.3. The number of anilines is 1. The summed E-state index contributed by atoms with van der Waals surface area (Å²) in [4.78, 5) is 14.3. The number of carbonyl (C=O) groups is 1. The van der Waals surface area contributed by atoms with Crippen molar-refractivity contribution in [1.29, 1.82) is 0 Å². The van der Waals surface area contributed by atoms with Gasteiger partial charge in [-0.1, -0.05) is 24.6 Å². The Hall–Kier alpha value is -1.39. The fourth-order valence-electron chi connectivity index (χ4n) is 2.52. The molecule has 0 spiro atoms. The van der Waals surface area contributed by atoms with Crippen LogP contribution < -0.4 is 5.32 Å². The highest BCUT2D eigenvalue weighted by atomic mass is 16.3. The Labute approximate surface area is 121 Å². The molecule has 1 rings (SSSR count). The topological polar surface area (TPSA) is 52.6 Å². The van der Waals surface area contributed by atoms with E-state index in [0.29, 0.717) is 6.54 Å². The zero-order valence-electron chi connectivity index (χ0n) is 13.2. The second-order valence-corrected chi connectivity index (χ2v) is 5.29. The first-order valence-corrected chi connectivity index (χ1v) is 7.14. The third-order valence-corrected chi connectivity index (χ3v) is 3.65. The van der Waals surface area contributed by atoms with E-state index in [2.05, 4.69) is 17.4 Å². The number of aliphatic hydroxyl groups excluding tert-OH is 1. The SMILES string of the molecule is CCN(CCO)C(C)C(=O)Nc1c(C)cc(C)cc1C. The molecule has 112 valence electrons.